The zero-order valence-corrected chi connectivity index (χ0v) is 47.4. The van der Waals surface area contributed by atoms with E-state index in [2.05, 4.69) is 273 Å². The standard InChI is InChI=1S/C78H53B3O6/c1-4-28-51-48(22-1)25-19-43-54(51)71-57-31-7-13-37-63(57)74(64-38-14-8-32-58(64)71)79-82-46-69(84-79)77-78(87-81(86-77)76-67-41-17-11-35-61(67)73(62-36-12-18-42-68(62)76)56-45-21-27-50-24-3-6-30-53(50)56)70-47-83-80(85-70)75-65-39-15-9-33-59(65)72(60-34-10-16-40-66(60)75)55-44-20-26-49-23-2-5-29-52(49)55/h1-45,69-70,77-78H,46-47H2. The van der Waals surface area contributed by atoms with E-state index in [1.165, 1.54) is 65.7 Å². The fraction of sp³-hybridized carbons (Fsp3) is 0.0769. The maximum atomic E-state index is 7.58. The van der Waals surface area contributed by atoms with Gasteiger partial charge in [-0.1, -0.05) is 273 Å². The molecular weight excluding hydrogens is 1070 g/mol. The minimum Gasteiger partial charge on any atom is -0.404 e. The van der Waals surface area contributed by atoms with Crippen molar-refractivity contribution in [2.75, 3.05) is 13.2 Å². The lowest BCUT2D eigenvalue weighted by Crippen LogP contribution is -2.46. The van der Waals surface area contributed by atoms with Crippen molar-refractivity contribution in [3.63, 3.8) is 0 Å². The number of fused-ring (bicyclic) bond motifs is 9. The average molecular weight is 1120 g/mol. The monoisotopic (exact) mass is 1120 g/mol. The molecule has 0 aromatic heterocycles. The van der Waals surface area contributed by atoms with Crippen LogP contribution in [0.3, 0.4) is 0 Å². The van der Waals surface area contributed by atoms with Gasteiger partial charge < -0.3 is 27.9 Å². The van der Waals surface area contributed by atoms with E-state index in [0.29, 0.717) is 0 Å². The van der Waals surface area contributed by atoms with E-state index in [-0.39, 0.29) is 13.2 Å². The highest BCUT2D eigenvalue weighted by Crippen LogP contribution is 2.45. The molecule has 0 amide bonds. The Morgan fingerprint density at radius 1 is 0.218 bits per heavy atom. The maximum Gasteiger partial charge on any atom is 0.495 e. The molecule has 0 saturated carbocycles. The second kappa shape index (κ2) is 20.6. The van der Waals surface area contributed by atoms with Crippen molar-refractivity contribution in [2.24, 2.45) is 0 Å². The highest BCUT2D eigenvalue weighted by atomic mass is 16.7. The molecule has 3 fully saturated rings. The lowest BCUT2D eigenvalue weighted by atomic mass is 9.71. The lowest BCUT2D eigenvalue weighted by Gasteiger charge is -2.27. The van der Waals surface area contributed by atoms with Gasteiger partial charge in [0.15, 0.2) is 0 Å². The number of hydrogen-bond acceptors (Lipinski definition) is 6. The van der Waals surface area contributed by atoms with Crippen LogP contribution in [0.4, 0.5) is 0 Å². The van der Waals surface area contributed by atoms with Gasteiger partial charge in [-0.3, -0.25) is 0 Å². The van der Waals surface area contributed by atoms with Crippen LogP contribution in [0.15, 0.2) is 273 Å². The Bertz CT molecular complexity index is 4890. The fourth-order valence-corrected chi connectivity index (χ4v) is 15.1. The normalized spacial score (nSPS) is 18.1. The topological polar surface area (TPSA) is 55.4 Å². The van der Waals surface area contributed by atoms with E-state index in [1.807, 2.05) is 0 Å². The smallest absolute Gasteiger partial charge is 0.404 e. The van der Waals surface area contributed by atoms with E-state index in [9.17, 15) is 0 Å². The van der Waals surface area contributed by atoms with Crippen LogP contribution in [-0.2, 0) is 27.9 Å². The Hall–Kier alpha value is -9.41. The van der Waals surface area contributed by atoms with Crippen LogP contribution in [0.1, 0.15) is 0 Å². The molecule has 3 saturated heterocycles. The second-order valence-corrected chi connectivity index (χ2v) is 23.4. The molecule has 18 rings (SSSR count). The van der Waals surface area contributed by atoms with Crippen molar-refractivity contribution in [3.8, 4) is 33.4 Å². The Morgan fingerprint density at radius 3 is 0.736 bits per heavy atom. The number of rotatable bonds is 8. The molecule has 410 valence electrons. The van der Waals surface area contributed by atoms with Crippen molar-refractivity contribution in [3.05, 3.63) is 273 Å². The van der Waals surface area contributed by atoms with Crippen molar-refractivity contribution in [1.82, 2.24) is 0 Å². The summed E-state index contributed by atoms with van der Waals surface area (Å²) in [7, 11) is -2.25. The third-order valence-electron chi connectivity index (χ3n) is 18.8. The molecular formula is C78H53B3O6. The molecule has 87 heavy (non-hydrogen) atoms. The third-order valence-corrected chi connectivity index (χ3v) is 18.8. The molecule has 3 aliphatic heterocycles. The molecule has 9 heteroatoms. The summed E-state index contributed by atoms with van der Waals surface area (Å²) in [6.07, 6.45) is -2.40. The predicted octanol–water partition coefficient (Wildman–Crippen LogP) is 16.2. The molecule has 15 aromatic rings. The van der Waals surface area contributed by atoms with Gasteiger partial charge in [0, 0.05) is 0 Å². The molecule has 15 aromatic carbocycles. The second-order valence-electron chi connectivity index (χ2n) is 23.4. The summed E-state index contributed by atoms with van der Waals surface area (Å²) in [6, 6.07) is 98.0. The van der Waals surface area contributed by atoms with Gasteiger partial charge in [-0.25, -0.2) is 0 Å². The van der Waals surface area contributed by atoms with Gasteiger partial charge in [-0.2, -0.15) is 0 Å². The molecule has 4 atom stereocenters. The Labute approximate surface area is 503 Å². The SMILES string of the molecule is c1ccc2c(-c3c4ccccc4c(B4OCC(C5OB(c6c7ccccc7c(-c7cccc8ccccc78)c7ccccc67)OC5C5COB(c6c7ccccc7c(-c7cccc8ccccc78)c7ccccc67)O5)O4)c4ccccc34)cccc2c1. The third kappa shape index (κ3) is 8.09. The Morgan fingerprint density at radius 2 is 0.448 bits per heavy atom. The molecule has 0 spiro atoms. The van der Waals surface area contributed by atoms with Gasteiger partial charge in [-0.15, -0.1) is 0 Å². The first-order valence-electron chi connectivity index (χ1n) is 30.3. The number of benzene rings is 15. The molecule has 3 heterocycles. The quantitative estimate of drug-likeness (QED) is 0.112. The van der Waals surface area contributed by atoms with Gasteiger partial charge in [0.2, 0.25) is 0 Å². The molecule has 0 aliphatic carbocycles. The van der Waals surface area contributed by atoms with E-state index in [1.54, 1.807) is 0 Å². The van der Waals surface area contributed by atoms with E-state index < -0.39 is 45.8 Å². The van der Waals surface area contributed by atoms with Crippen LogP contribution in [0.2, 0.25) is 0 Å². The maximum absolute atomic E-state index is 7.58. The van der Waals surface area contributed by atoms with Gasteiger partial charge >= 0.3 is 21.4 Å². The van der Waals surface area contributed by atoms with Crippen molar-refractivity contribution >= 4 is 135 Å². The summed E-state index contributed by atoms with van der Waals surface area (Å²) in [6.45, 7) is 0.526. The molecule has 4 unspecified atom stereocenters. The van der Waals surface area contributed by atoms with Gasteiger partial charge in [-0.05, 0) is 147 Å². The van der Waals surface area contributed by atoms with Gasteiger partial charge in [0.05, 0.1) is 37.6 Å². The van der Waals surface area contributed by atoms with Crippen LogP contribution in [0.25, 0.3) is 130 Å². The summed E-state index contributed by atoms with van der Waals surface area (Å²) in [5.74, 6) is 0. The minimum atomic E-state index is -0.815. The summed E-state index contributed by atoms with van der Waals surface area (Å²) >= 11 is 0. The average Bonchev–Trinajstić information content (AvgIpc) is 1.78. The van der Waals surface area contributed by atoms with Crippen LogP contribution >= 0.6 is 0 Å². The molecule has 6 nitrogen and oxygen atoms in total. The van der Waals surface area contributed by atoms with Gasteiger partial charge in [0.1, 0.15) is 0 Å². The first-order chi connectivity index (χ1) is 43.2. The highest BCUT2D eigenvalue weighted by molar-refractivity contribution is 6.70. The Kier molecular flexibility index (Phi) is 12.1. The van der Waals surface area contributed by atoms with Crippen molar-refractivity contribution < 1.29 is 27.9 Å². The predicted molar refractivity (Wildman–Crippen MR) is 361 cm³/mol. The van der Waals surface area contributed by atoms with Crippen molar-refractivity contribution in [1.29, 1.82) is 0 Å². The van der Waals surface area contributed by atoms with Crippen LogP contribution in [-0.4, -0.2) is 59.0 Å². The van der Waals surface area contributed by atoms with Crippen LogP contribution < -0.4 is 16.4 Å². The fourth-order valence-electron chi connectivity index (χ4n) is 15.1. The summed E-state index contributed by atoms with van der Waals surface area (Å²) in [4.78, 5) is 0. The largest absolute Gasteiger partial charge is 0.495 e. The zero-order valence-electron chi connectivity index (χ0n) is 47.4. The first kappa shape index (κ1) is 50.9. The van der Waals surface area contributed by atoms with Gasteiger partial charge in [0.25, 0.3) is 0 Å². The first-order valence-corrected chi connectivity index (χ1v) is 30.3. The van der Waals surface area contributed by atoms with E-state index in [4.69, 9.17) is 27.9 Å². The number of hydrogen-bond donors (Lipinski definition) is 0. The summed E-state index contributed by atoms with van der Waals surface area (Å²) in [5.41, 5.74) is 10.1. The molecule has 0 N–H and O–H groups in total. The zero-order chi connectivity index (χ0) is 57.1. The molecule has 0 bridgehead atoms. The van der Waals surface area contributed by atoms with E-state index in [0.717, 1.165) is 81.0 Å². The molecule has 0 radical (unpaired) electrons. The molecule has 3 aliphatic rings. The summed E-state index contributed by atoms with van der Waals surface area (Å²) in [5, 5.41) is 20.4. The van der Waals surface area contributed by atoms with Crippen LogP contribution in [0, 0.1) is 0 Å². The van der Waals surface area contributed by atoms with Crippen LogP contribution in [0.5, 0.6) is 0 Å². The highest BCUT2D eigenvalue weighted by Gasteiger charge is 2.55. The Balaban J connectivity index is 0.772. The minimum absolute atomic E-state index is 0.263. The summed E-state index contributed by atoms with van der Waals surface area (Å²) < 4.78 is 44.0. The van der Waals surface area contributed by atoms with E-state index >= 15 is 0 Å². The van der Waals surface area contributed by atoms with Crippen molar-refractivity contribution in [2.45, 2.75) is 24.4 Å². The lowest BCUT2D eigenvalue weighted by molar-refractivity contribution is -0.00428.